The summed E-state index contributed by atoms with van der Waals surface area (Å²) in [6.07, 6.45) is -3.89. The van der Waals surface area contributed by atoms with E-state index in [0.29, 0.717) is 6.07 Å². The topological polar surface area (TPSA) is 62.0 Å². The van der Waals surface area contributed by atoms with Gasteiger partial charge in [-0.05, 0) is 47.7 Å². The zero-order valence-corrected chi connectivity index (χ0v) is 16.5. The Hall–Kier alpha value is -3.35. The fourth-order valence-electron chi connectivity index (χ4n) is 3.27. The predicted molar refractivity (Wildman–Crippen MR) is 108 cm³/mol. The second-order valence-electron chi connectivity index (χ2n) is 6.97. The first kappa shape index (κ1) is 21.4. The van der Waals surface area contributed by atoms with Crippen LogP contribution in [-0.2, 0) is 12.6 Å². The molecule has 4 nitrogen and oxygen atoms in total. The van der Waals surface area contributed by atoms with Crippen LogP contribution in [0.15, 0.2) is 65.5 Å². The Balaban J connectivity index is 2.00. The third-order valence-electron chi connectivity index (χ3n) is 4.93. The first-order valence-corrected chi connectivity index (χ1v) is 9.46. The Kier molecular flexibility index (Phi) is 6.10. The number of aromatic nitrogens is 1. The van der Waals surface area contributed by atoms with Gasteiger partial charge in [-0.1, -0.05) is 55.5 Å². The van der Waals surface area contributed by atoms with Crippen molar-refractivity contribution in [2.24, 2.45) is 0 Å². The Labute approximate surface area is 171 Å². The van der Waals surface area contributed by atoms with Gasteiger partial charge in [0.25, 0.3) is 11.5 Å². The van der Waals surface area contributed by atoms with Crippen LogP contribution in [0, 0.1) is 6.92 Å². The lowest BCUT2D eigenvalue weighted by Gasteiger charge is -2.22. The van der Waals surface area contributed by atoms with Crippen molar-refractivity contribution in [2.75, 3.05) is 0 Å². The van der Waals surface area contributed by atoms with E-state index in [1.165, 1.54) is 0 Å². The van der Waals surface area contributed by atoms with E-state index < -0.39 is 29.4 Å². The van der Waals surface area contributed by atoms with Crippen molar-refractivity contribution in [2.45, 2.75) is 32.5 Å². The van der Waals surface area contributed by atoms with Crippen molar-refractivity contribution >= 4 is 5.91 Å². The highest BCUT2D eigenvalue weighted by Gasteiger charge is 2.32. The molecule has 30 heavy (non-hydrogen) atoms. The van der Waals surface area contributed by atoms with Gasteiger partial charge >= 0.3 is 6.18 Å². The zero-order valence-electron chi connectivity index (χ0n) is 16.5. The summed E-state index contributed by atoms with van der Waals surface area (Å²) in [4.78, 5) is 26.7. The number of rotatable bonds is 5. The summed E-state index contributed by atoms with van der Waals surface area (Å²) in [6.45, 7) is 3.92. The van der Waals surface area contributed by atoms with E-state index >= 15 is 0 Å². The first-order valence-electron chi connectivity index (χ1n) is 9.46. The number of pyridine rings is 1. The second kappa shape index (κ2) is 8.57. The maximum atomic E-state index is 12.8. The molecule has 0 aliphatic heterocycles. The van der Waals surface area contributed by atoms with E-state index in [-0.39, 0.29) is 5.56 Å². The molecule has 2 aromatic carbocycles. The van der Waals surface area contributed by atoms with Gasteiger partial charge < -0.3 is 10.3 Å². The molecule has 1 aromatic heterocycles. The van der Waals surface area contributed by atoms with Crippen LogP contribution in [0.4, 0.5) is 13.2 Å². The van der Waals surface area contributed by atoms with Gasteiger partial charge in [-0.2, -0.15) is 13.2 Å². The van der Waals surface area contributed by atoms with E-state index in [2.05, 4.69) is 5.32 Å². The molecule has 1 atom stereocenters. The summed E-state index contributed by atoms with van der Waals surface area (Å²) < 4.78 is 38.4. The third-order valence-corrected chi connectivity index (χ3v) is 4.93. The standard InChI is InChI=1S/C23H21F3N2O2/c1-3-15-8-6-9-16(13-15)20(17-10-5-4-7-14(17)2)28-22(30)18-11-12-19(23(24,25)26)27-21(18)29/h4-13,20H,3H2,1-2H3,(H,27,29)(H,28,30). The molecule has 0 saturated heterocycles. The van der Waals surface area contributed by atoms with Gasteiger partial charge in [0.2, 0.25) is 0 Å². The molecule has 0 saturated carbocycles. The number of aromatic amines is 1. The number of carbonyl (C=O) groups is 1. The molecule has 0 fully saturated rings. The fourth-order valence-corrected chi connectivity index (χ4v) is 3.27. The van der Waals surface area contributed by atoms with Crippen molar-refractivity contribution in [1.82, 2.24) is 10.3 Å². The van der Waals surface area contributed by atoms with Gasteiger partial charge in [-0.25, -0.2) is 0 Å². The minimum atomic E-state index is -4.70. The summed E-state index contributed by atoms with van der Waals surface area (Å²) in [6, 6.07) is 16.2. The smallest absolute Gasteiger partial charge is 0.341 e. The average Bonchev–Trinajstić information content (AvgIpc) is 2.71. The number of hydrogen-bond donors (Lipinski definition) is 2. The van der Waals surface area contributed by atoms with E-state index in [4.69, 9.17) is 0 Å². The lowest BCUT2D eigenvalue weighted by atomic mass is 9.93. The van der Waals surface area contributed by atoms with E-state index in [9.17, 15) is 22.8 Å². The van der Waals surface area contributed by atoms with Crippen LogP contribution in [0.1, 0.15) is 51.3 Å². The molecule has 0 spiro atoms. The molecule has 0 aliphatic carbocycles. The Morgan fingerprint density at radius 2 is 1.80 bits per heavy atom. The highest BCUT2D eigenvalue weighted by molar-refractivity contribution is 5.94. The van der Waals surface area contributed by atoms with Crippen LogP contribution in [0.25, 0.3) is 0 Å². The van der Waals surface area contributed by atoms with Gasteiger partial charge in [-0.3, -0.25) is 9.59 Å². The van der Waals surface area contributed by atoms with E-state index in [0.717, 1.165) is 34.7 Å². The quantitative estimate of drug-likeness (QED) is 0.631. The van der Waals surface area contributed by atoms with Gasteiger partial charge in [0.1, 0.15) is 11.3 Å². The van der Waals surface area contributed by atoms with Crippen molar-refractivity contribution in [3.63, 3.8) is 0 Å². The number of carbonyl (C=O) groups excluding carboxylic acids is 1. The molecule has 7 heteroatoms. The van der Waals surface area contributed by atoms with Crippen molar-refractivity contribution in [3.8, 4) is 0 Å². The van der Waals surface area contributed by atoms with E-state index in [1.54, 1.807) is 4.98 Å². The van der Waals surface area contributed by atoms with Gasteiger partial charge in [0.05, 0.1) is 6.04 Å². The number of hydrogen-bond acceptors (Lipinski definition) is 2. The molecule has 0 bridgehead atoms. The lowest BCUT2D eigenvalue weighted by molar-refractivity contribution is -0.141. The number of benzene rings is 2. The summed E-state index contributed by atoms with van der Waals surface area (Å²) in [5.41, 5.74) is 0.998. The Morgan fingerprint density at radius 3 is 2.43 bits per heavy atom. The van der Waals surface area contributed by atoms with Crippen LogP contribution in [0.3, 0.4) is 0 Å². The second-order valence-corrected chi connectivity index (χ2v) is 6.97. The number of aryl methyl sites for hydroxylation is 2. The summed E-state index contributed by atoms with van der Waals surface area (Å²) >= 11 is 0. The number of halogens is 3. The largest absolute Gasteiger partial charge is 0.431 e. The minimum Gasteiger partial charge on any atom is -0.341 e. The lowest BCUT2D eigenvalue weighted by Crippen LogP contribution is -2.34. The highest BCUT2D eigenvalue weighted by atomic mass is 19.4. The predicted octanol–water partition coefficient (Wildman–Crippen LogP) is 4.78. The number of nitrogens with one attached hydrogen (secondary N) is 2. The monoisotopic (exact) mass is 414 g/mol. The van der Waals surface area contributed by atoms with Gasteiger partial charge in [0.15, 0.2) is 0 Å². The van der Waals surface area contributed by atoms with Crippen LogP contribution < -0.4 is 10.9 Å². The van der Waals surface area contributed by atoms with Gasteiger partial charge in [-0.15, -0.1) is 0 Å². The van der Waals surface area contributed by atoms with Crippen LogP contribution in [-0.4, -0.2) is 10.9 Å². The van der Waals surface area contributed by atoms with Crippen LogP contribution in [0.2, 0.25) is 0 Å². The first-order chi connectivity index (χ1) is 14.2. The average molecular weight is 414 g/mol. The maximum absolute atomic E-state index is 12.8. The highest BCUT2D eigenvalue weighted by Crippen LogP contribution is 2.28. The molecule has 3 aromatic rings. The van der Waals surface area contributed by atoms with Gasteiger partial charge in [0, 0.05) is 0 Å². The molecule has 0 aliphatic rings. The summed E-state index contributed by atoms with van der Waals surface area (Å²) in [5.74, 6) is -0.750. The molecule has 0 radical (unpaired) electrons. The number of amides is 1. The molecule has 156 valence electrons. The normalized spacial score (nSPS) is 12.4. The number of alkyl halides is 3. The third kappa shape index (κ3) is 4.62. The molecule has 2 N–H and O–H groups in total. The summed E-state index contributed by atoms with van der Waals surface area (Å²) in [5, 5.41) is 2.82. The zero-order chi connectivity index (χ0) is 21.9. The van der Waals surface area contributed by atoms with Crippen molar-refractivity contribution in [3.05, 3.63) is 105 Å². The molecular formula is C23H21F3N2O2. The van der Waals surface area contributed by atoms with Crippen molar-refractivity contribution < 1.29 is 18.0 Å². The number of H-pyrrole nitrogens is 1. The Morgan fingerprint density at radius 1 is 1.07 bits per heavy atom. The molecule has 1 amide bonds. The van der Waals surface area contributed by atoms with Crippen LogP contribution in [0.5, 0.6) is 0 Å². The molecule has 1 unspecified atom stereocenters. The molecule has 1 heterocycles. The van der Waals surface area contributed by atoms with Crippen molar-refractivity contribution in [1.29, 1.82) is 0 Å². The SMILES string of the molecule is CCc1cccc(C(NC(=O)c2ccc(C(F)(F)F)[nH]c2=O)c2ccccc2C)c1. The van der Waals surface area contributed by atoms with E-state index in [1.807, 2.05) is 62.4 Å². The Bertz CT molecular complexity index is 1120. The summed E-state index contributed by atoms with van der Waals surface area (Å²) in [7, 11) is 0. The maximum Gasteiger partial charge on any atom is 0.431 e. The molecular weight excluding hydrogens is 393 g/mol. The fraction of sp³-hybridized carbons (Fsp3) is 0.217. The molecule has 3 rings (SSSR count). The van der Waals surface area contributed by atoms with Crippen LogP contribution >= 0.6 is 0 Å². The minimum absolute atomic E-state index is 0.381.